The van der Waals surface area contributed by atoms with Crippen LogP contribution in [0.5, 0.6) is 0 Å². The van der Waals surface area contributed by atoms with Gasteiger partial charge in [0.05, 0.1) is 24.8 Å². The Morgan fingerprint density at radius 1 is 0.967 bits per heavy atom. The molecule has 2 aromatic rings. The number of nitrogens with one attached hydrogen (secondary N) is 1. The Kier molecular flexibility index (Phi) is 6.73. The predicted molar refractivity (Wildman–Crippen MR) is 120 cm³/mol. The van der Waals surface area contributed by atoms with E-state index in [1.165, 1.54) is 10.5 Å². The SMILES string of the molecule is CCc1ccc(NC2=C(c3ccc(C)c(C)c3)C(=O)N(CCOC(C)C)C2=O)cc1. The molecule has 0 radical (unpaired) electrons. The number of rotatable bonds is 8. The molecule has 5 heteroatoms. The Bertz CT molecular complexity index is 974. The van der Waals surface area contributed by atoms with Gasteiger partial charge in [-0.3, -0.25) is 14.5 Å². The number of carbonyl (C=O) groups is 2. The Labute approximate surface area is 178 Å². The number of hydrogen-bond acceptors (Lipinski definition) is 4. The van der Waals surface area contributed by atoms with Gasteiger partial charge < -0.3 is 10.1 Å². The number of benzene rings is 2. The van der Waals surface area contributed by atoms with Crippen LogP contribution in [-0.2, 0) is 20.7 Å². The third kappa shape index (κ3) is 4.62. The summed E-state index contributed by atoms with van der Waals surface area (Å²) in [5, 5.41) is 3.21. The van der Waals surface area contributed by atoms with Gasteiger partial charge in [0.25, 0.3) is 11.8 Å². The molecule has 0 bridgehead atoms. The Hall–Kier alpha value is -2.92. The highest BCUT2D eigenvalue weighted by Gasteiger charge is 2.39. The molecular weight excluding hydrogens is 376 g/mol. The Morgan fingerprint density at radius 2 is 1.67 bits per heavy atom. The summed E-state index contributed by atoms with van der Waals surface area (Å²) < 4.78 is 5.57. The molecule has 5 nitrogen and oxygen atoms in total. The molecule has 0 aromatic heterocycles. The largest absolute Gasteiger partial charge is 0.377 e. The van der Waals surface area contributed by atoms with E-state index in [0.717, 1.165) is 28.8 Å². The number of hydrogen-bond donors (Lipinski definition) is 1. The predicted octanol–water partition coefficient (Wildman–Crippen LogP) is 4.48. The van der Waals surface area contributed by atoms with Crippen molar-refractivity contribution in [1.82, 2.24) is 4.90 Å². The van der Waals surface area contributed by atoms with Crippen LogP contribution in [0.1, 0.15) is 43.0 Å². The maximum absolute atomic E-state index is 13.2. The van der Waals surface area contributed by atoms with Gasteiger partial charge in [-0.2, -0.15) is 0 Å². The normalized spacial score (nSPS) is 14.3. The van der Waals surface area contributed by atoms with E-state index >= 15 is 0 Å². The van der Waals surface area contributed by atoms with Crippen LogP contribution in [0.3, 0.4) is 0 Å². The summed E-state index contributed by atoms with van der Waals surface area (Å²) in [5.74, 6) is -0.608. The highest BCUT2D eigenvalue weighted by atomic mass is 16.5. The lowest BCUT2D eigenvalue weighted by Gasteiger charge is -2.16. The van der Waals surface area contributed by atoms with Crippen LogP contribution in [0.2, 0.25) is 0 Å². The van der Waals surface area contributed by atoms with Crippen LogP contribution in [0.15, 0.2) is 48.2 Å². The second-order valence-electron chi connectivity index (χ2n) is 7.91. The smallest absolute Gasteiger partial charge is 0.278 e. The summed E-state index contributed by atoms with van der Waals surface area (Å²) in [6, 6.07) is 13.8. The van der Waals surface area contributed by atoms with E-state index in [2.05, 4.69) is 12.2 Å². The van der Waals surface area contributed by atoms with E-state index in [9.17, 15) is 9.59 Å². The van der Waals surface area contributed by atoms with Crippen molar-refractivity contribution in [3.05, 3.63) is 70.4 Å². The highest BCUT2D eigenvalue weighted by Crippen LogP contribution is 2.31. The van der Waals surface area contributed by atoms with Gasteiger partial charge in [-0.1, -0.05) is 37.3 Å². The van der Waals surface area contributed by atoms with E-state index in [0.29, 0.717) is 17.9 Å². The molecule has 0 fully saturated rings. The van der Waals surface area contributed by atoms with Crippen LogP contribution in [0.4, 0.5) is 5.69 Å². The lowest BCUT2D eigenvalue weighted by atomic mass is 9.99. The summed E-state index contributed by atoms with van der Waals surface area (Å²) >= 11 is 0. The van der Waals surface area contributed by atoms with Crippen molar-refractivity contribution in [3.8, 4) is 0 Å². The van der Waals surface area contributed by atoms with Gasteiger partial charge in [-0.15, -0.1) is 0 Å². The van der Waals surface area contributed by atoms with Crippen LogP contribution in [0.25, 0.3) is 5.57 Å². The monoisotopic (exact) mass is 406 g/mol. The number of imide groups is 1. The topological polar surface area (TPSA) is 58.6 Å². The van der Waals surface area contributed by atoms with Gasteiger partial charge >= 0.3 is 0 Å². The quantitative estimate of drug-likeness (QED) is 0.657. The molecule has 3 rings (SSSR count). The average Bonchev–Trinajstić information content (AvgIpc) is 2.94. The maximum Gasteiger partial charge on any atom is 0.278 e. The molecule has 1 aliphatic heterocycles. The number of ether oxygens (including phenoxy) is 1. The van der Waals surface area contributed by atoms with E-state index in [1.54, 1.807) is 0 Å². The molecule has 0 atom stereocenters. The number of nitrogens with zero attached hydrogens (tertiary/aromatic N) is 1. The number of amides is 2. The third-order valence-electron chi connectivity index (χ3n) is 5.36. The number of carbonyl (C=O) groups excluding carboxylic acids is 2. The second kappa shape index (κ2) is 9.26. The van der Waals surface area contributed by atoms with Gasteiger partial charge in [-0.25, -0.2) is 0 Å². The molecule has 0 unspecified atom stereocenters. The van der Waals surface area contributed by atoms with Gasteiger partial charge in [0.2, 0.25) is 0 Å². The average molecular weight is 407 g/mol. The fourth-order valence-corrected chi connectivity index (χ4v) is 3.41. The van der Waals surface area contributed by atoms with Crippen LogP contribution < -0.4 is 5.32 Å². The van der Waals surface area contributed by atoms with Crippen LogP contribution in [0, 0.1) is 13.8 Å². The Balaban J connectivity index is 1.97. The minimum absolute atomic E-state index is 0.0414. The van der Waals surface area contributed by atoms with Crippen LogP contribution in [-0.4, -0.2) is 36.0 Å². The first kappa shape index (κ1) is 21.8. The molecule has 0 aliphatic carbocycles. The van der Waals surface area contributed by atoms with Crippen molar-refractivity contribution in [1.29, 1.82) is 0 Å². The molecule has 1 N–H and O–H groups in total. The van der Waals surface area contributed by atoms with E-state index in [-0.39, 0.29) is 24.5 Å². The van der Waals surface area contributed by atoms with Crippen molar-refractivity contribution in [3.63, 3.8) is 0 Å². The number of anilines is 1. The summed E-state index contributed by atoms with van der Waals surface area (Å²) in [4.78, 5) is 27.7. The molecule has 0 spiro atoms. The molecule has 0 saturated heterocycles. The zero-order chi connectivity index (χ0) is 21.8. The zero-order valence-electron chi connectivity index (χ0n) is 18.4. The first-order valence-electron chi connectivity index (χ1n) is 10.5. The Morgan fingerprint density at radius 3 is 2.27 bits per heavy atom. The number of aryl methyl sites for hydroxylation is 3. The van der Waals surface area contributed by atoms with E-state index in [4.69, 9.17) is 4.74 Å². The first-order chi connectivity index (χ1) is 14.3. The second-order valence-corrected chi connectivity index (χ2v) is 7.91. The fraction of sp³-hybridized carbons (Fsp3) is 0.360. The van der Waals surface area contributed by atoms with E-state index < -0.39 is 0 Å². The van der Waals surface area contributed by atoms with Crippen molar-refractivity contribution in [2.75, 3.05) is 18.5 Å². The van der Waals surface area contributed by atoms with Gasteiger partial charge in [0, 0.05) is 5.69 Å². The lowest BCUT2D eigenvalue weighted by Crippen LogP contribution is -2.35. The van der Waals surface area contributed by atoms with Crippen molar-refractivity contribution < 1.29 is 14.3 Å². The molecule has 158 valence electrons. The van der Waals surface area contributed by atoms with Gasteiger partial charge in [0.1, 0.15) is 5.70 Å². The maximum atomic E-state index is 13.2. The summed E-state index contributed by atoms with van der Waals surface area (Å²) in [6.45, 7) is 10.5. The standard InChI is InChI=1S/C25H30N2O3/c1-6-19-8-11-21(12-9-19)26-23-22(20-10-7-17(4)18(5)15-20)24(28)27(25(23)29)13-14-30-16(2)3/h7-12,15-16,26H,6,13-14H2,1-5H3. The minimum atomic E-state index is -0.319. The lowest BCUT2D eigenvalue weighted by molar-refractivity contribution is -0.137. The minimum Gasteiger partial charge on any atom is -0.377 e. The summed E-state index contributed by atoms with van der Waals surface area (Å²) in [5.41, 5.74) is 5.69. The van der Waals surface area contributed by atoms with Crippen molar-refractivity contribution in [2.24, 2.45) is 0 Å². The van der Waals surface area contributed by atoms with E-state index in [1.807, 2.05) is 70.2 Å². The fourth-order valence-electron chi connectivity index (χ4n) is 3.41. The zero-order valence-corrected chi connectivity index (χ0v) is 18.4. The molecule has 30 heavy (non-hydrogen) atoms. The van der Waals surface area contributed by atoms with Crippen LogP contribution >= 0.6 is 0 Å². The molecule has 2 aromatic carbocycles. The van der Waals surface area contributed by atoms with Gasteiger partial charge in [-0.05, 0) is 68.5 Å². The first-order valence-corrected chi connectivity index (χ1v) is 10.5. The molecular formula is C25H30N2O3. The molecule has 1 aliphatic rings. The molecule has 2 amide bonds. The highest BCUT2D eigenvalue weighted by molar-refractivity contribution is 6.36. The molecule has 1 heterocycles. The van der Waals surface area contributed by atoms with Crippen molar-refractivity contribution in [2.45, 2.75) is 47.1 Å². The molecule has 0 saturated carbocycles. The summed E-state index contributed by atoms with van der Waals surface area (Å²) in [7, 11) is 0. The van der Waals surface area contributed by atoms with Crippen molar-refractivity contribution >= 4 is 23.1 Å². The van der Waals surface area contributed by atoms with Gasteiger partial charge in [0.15, 0.2) is 0 Å². The summed E-state index contributed by atoms with van der Waals surface area (Å²) in [6.07, 6.45) is 0.984. The third-order valence-corrected chi connectivity index (χ3v) is 5.36.